The lowest BCUT2D eigenvalue weighted by Gasteiger charge is -2.20. The maximum atomic E-state index is 12.6. The van der Waals surface area contributed by atoms with Crippen LogP contribution in [0.1, 0.15) is 142 Å². The Kier molecular flexibility index (Phi) is 35.6. The summed E-state index contributed by atoms with van der Waals surface area (Å²) < 4.78 is 33.1. The average molecular weight is 727 g/mol. The van der Waals surface area contributed by atoms with Crippen molar-refractivity contribution in [2.75, 3.05) is 33.0 Å². The van der Waals surface area contributed by atoms with Crippen LogP contribution in [0.4, 0.5) is 0 Å². The van der Waals surface area contributed by atoms with E-state index in [1.807, 2.05) is 0 Å². The van der Waals surface area contributed by atoms with Crippen molar-refractivity contribution in [3.05, 3.63) is 60.8 Å². The third-order valence-electron chi connectivity index (χ3n) is 7.69. The van der Waals surface area contributed by atoms with Crippen LogP contribution < -0.4 is 0 Å². The largest absolute Gasteiger partial charge is 0.472 e. The van der Waals surface area contributed by atoms with Gasteiger partial charge in [-0.15, -0.1) is 0 Å². The fourth-order valence-corrected chi connectivity index (χ4v) is 5.55. The van der Waals surface area contributed by atoms with E-state index in [-0.39, 0.29) is 13.0 Å². The SMILES string of the molecule is CC/C=C\C/C=C\C/C=C\C/C=C\CCCOCC(COP(=O)(O)OCC(O)CO)OC(=O)CCCCCCC/C=C\CCCCCCCC. The van der Waals surface area contributed by atoms with Crippen molar-refractivity contribution >= 4 is 13.8 Å². The summed E-state index contributed by atoms with van der Waals surface area (Å²) in [5, 5.41) is 18.3. The van der Waals surface area contributed by atoms with Crippen LogP contribution in [0.5, 0.6) is 0 Å². The van der Waals surface area contributed by atoms with Gasteiger partial charge in [-0.3, -0.25) is 13.8 Å². The lowest BCUT2D eigenvalue weighted by atomic mass is 10.1. The molecule has 0 bridgehead atoms. The zero-order chi connectivity index (χ0) is 36.8. The highest BCUT2D eigenvalue weighted by Gasteiger charge is 2.26. The van der Waals surface area contributed by atoms with E-state index in [4.69, 9.17) is 23.6 Å². The highest BCUT2D eigenvalue weighted by Crippen LogP contribution is 2.43. The van der Waals surface area contributed by atoms with Crippen LogP contribution in [0.3, 0.4) is 0 Å². The molecule has 290 valence electrons. The van der Waals surface area contributed by atoms with Gasteiger partial charge in [-0.25, -0.2) is 4.57 Å². The molecule has 0 aliphatic rings. The molecule has 0 aliphatic carbocycles. The molecule has 0 aromatic carbocycles. The van der Waals surface area contributed by atoms with Gasteiger partial charge in [-0.1, -0.05) is 126 Å². The summed E-state index contributed by atoms with van der Waals surface area (Å²) in [6, 6.07) is 0. The maximum Gasteiger partial charge on any atom is 0.472 e. The van der Waals surface area contributed by atoms with Gasteiger partial charge in [0.15, 0.2) is 0 Å². The monoisotopic (exact) mass is 726 g/mol. The van der Waals surface area contributed by atoms with Crippen LogP contribution >= 0.6 is 7.82 Å². The molecule has 0 fully saturated rings. The molecule has 3 N–H and O–H groups in total. The summed E-state index contributed by atoms with van der Waals surface area (Å²) in [6.07, 6.45) is 40.5. The lowest BCUT2D eigenvalue weighted by molar-refractivity contribution is -0.154. The van der Waals surface area contributed by atoms with E-state index < -0.39 is 45.8 Å². The molecule has 0 amide bonds. The van der Waals surface area contributed by atoms with Crippen molar-refractivity contribution in [2.45, 2.75) is 154 Å². The Morgan fingerprint density at radius 3 is 1.74 bits per heavy atom. The molecule has 3 atom stereocenters. The summed E-state index contributed by atoms with van der Waals surface area (Å²) in [5.41, 5.74) is 0. The van der Waals surface area contributed by atoms with Crippen LogP contribution in [0.15, 0.2) is 60.8 Å². The molecule has 3 unspecified atom stereocenters. The van der Waals surface area contributed by atoms with E-state index in [0.717, 1.165) is 70.6 Å². The standard InChI is InChI=1S/C40H71O9P/c1-3-5-7-9-11-13-15-17-19-20-22-24-26-28-30-32-40(43)49-39(37-48-50(44,45)47-35-38(42)34-41)36-46-33-31-29-27-25-23-21-18-16-14-12-10-8-6-4-2/h6,8,12,14,17-19,21,25,27,38-39,41-42H,3-5,7,9-11,13,15-16,20,22-24,26,28-37H2,1-2H3,(H,44,45)/b8-6-,14-12-,19-17-,21-18-,27-25-. The number of rotatable bonds is 36. The Balaban J connectivity index is 4.35. The molecule has 0 aliphatic heterocycles. The van der Waals surface area contributed by atoms with Gasteiger partial charge in [0, 0.05) is 13.0 Å². The van der Waals surface area contributed by atoms with E-state index in [1.54, 1.807) is 0 Å². The number of allylic oxidation sites excluding steroid dienone is 10. The molecular formula is C40H71O9P. The summed E-state index contributed by atoms with van der Waals surface area (Å²) >= 11 is 0. The molecule has 0 aromatic heterocycles. The summed E-state index contributed by atoms with van der Waals surface area (Å²) in [4.78, 5) is 22.5. The van der Waals surface area contributed by atoms with Gasteiger partial charge in [0.2, 0.25) is 0 Å². The zero-order valence-electron chi connectivity index (χ0n) is 31.3. The Labute approximate surface area is 304 Å². The van der Waals surface area contributed by atoms with Crippen molar-refractivity contribution in [3.63, 3.8) is 0 Å². The smallest absolute Gasteiger partial charge is 0.457 e. The first-order valence-corrected chi connectivity index (χ1v) is 20.8. The molecular weight excluding hydrogens is 655 g/mol. The third kappa shape index (κ3) is 36.0. The van der Waals surface area contributed by atoms with Gasteiger partial charge in [-0.05, 0) is 70.6 Å². The average Bonchev–Trinajstić information content (AvgIpc) is 3.10. The van der Waals surface area contributed by atoms with Gasteiger partial charge in [0.05, 0.1) is 26.4 Å². The van der Waals surface area contributed by atoms with Crippen LogP contribution in [0.25, 0.3) is 0 Å². The van der Waals surface area contributed by atoms with Crippen molar-refractivity contribution in [1.82, 2.24) is 0 Å². The van der Waals surface area contributed by atoms with Gasteiger partial charge in [-0.2, -0.15) is 0 Å². The number of aliphatic hydroxyl groups is 2. The van der Waals surface area contributed by atoms with Gasteiger partial charge >= 0.3 is 13.8 Å². The molecule has 9 nitrogen and oxygen atoms in total. The predicted molar refractivity (Wildman–Crippen MR) is 205 cm³/mol. The number of carbonyl (C=O) groups excluding carboxylic acids is 1. The first-order valence-electron chi connectivity index (χ1n) is 19.3. The van der Waals surface area contributed by atoms with Gasteiger partial charge in [0.25, 0.3) is 0 Å². The first kappa shape index (κ1) is 48.2. The van der Waals surface area contributed by atoms with E-state index in [9.17, 15) is 19.4 Å². The molecule has 0 saturated carbocycles. The van der Waals surface area contributed by atoms with Crippen LogP contribution in [-0.2, 0) is 27.9 Å². The Bertz CT molecular complexity index is 960. The normalized spacial score (nSPS) is 14.9. The zero-order valence-corrected chi connectivity index (χ0v) is 32.2. The molecule has 0 spiro atoms. The number of ether oxygens (including phenoxy) is 2. The quantitative estimate of drug-likeness (QED) is 0.0250. The number of phosphoric ester groups is 1. The maximum absolute atomic E-state index is 12.6. The van der Waals surface area contributed by atoms with E-state index in [2.05, 4.69) is 74.6 Å². The number of unbranched alkanes of at least 4 members (excludes halogenated alkanes) is 12. The highest BCUT2D eigenvalue weighted by atomic mass is 31.2. The van der Waals surface area contributed by atoms with Crippen LogP contribution in [0, 0.1) is 0 Å². The van der Waals surface area contributed by atoms with E-state index in [0.29, 0.717) is 13.0 Å². The van der Waals surface area contributed by atoms with Crippen molar-refractivity contribution in [2.24, 2.45) is 0 Å². The molecule has 10 heteroatoms. The number of aliphatic hydroxyl groups excluding tert-OH is 2. The topological polar surface area (TPSA) is 132 Å². The molecule has 0 rings (SSSR count). The van der Waals surface area contributed by atoms with E-state index >= 15 is 0 Å². The molecule has 0 heterocycles. The Morgan fingerprint density at radius 1 is 0.640 bits per heavy atom. The number of hydrogen-bond donors (Lipinski definition) is 3. The Morgan fingerprint density at radius 2 is 1.14 bits per heavy atom. The molecule has 0 radical (unpaired) electrons. The van der Waals surface area contributed by atoms with E-state index in [1.165, 1.54) is 44.9 Å². The molecule has 50 heavy (non-hydrogen) atoms. The Hall–Kier alpha value is -1.84. The van der Waals surface area contributed by atoms with Gasteiger partial charge < -0.3 is 24.6 Å². The number of carbonyl (C=O) groups is 1. The highest BCUT2D eigenvalue weighted by molar-refractivity contribution is 7.47. The summed E-state index contributed by atoms with van der Waals surface area (Å²) in [6.45, 7) is 3.21. The first-order chi connectivity index (χ1) is 24.3. The number of hydrogen-bond acceptors (Lipinski definition) is 8. The minimum atomic E-state index is -4.53. The number of phosphoric acid groups is 1. The van der Waals surface area contributed by atoms with Crippen molar-refractivity contribution < 1.29 is 43.0 Å². The second-order valence-electron chi connectivity index (χ2n) is 12.6. The van der Waals surface area contributed by atoms with Gasteiger partial charge in [0.1, 0.15) is 12.2 Å². The lowest BCUT2D eigenvalue weighted by Crippen LogP contribution is -2.29. The second kappa shape index (κ2) is 36.9. The third-order valence-corrected chi connectivity index (χ3v) is 8.64. The van der Waals surface area contributed by atoms with Crippen LogP contribution in [-0.4, -0.2) is 66.3 Å². The predicted octanol–water partition coefficient (Wildman–Crippen LogP) is 10.0. The molecule has 0 saturated heterocycles. The summed E-state index contributed by atoms with van der Waals surface area (Å²) in [5.74, 6) is -0.413. The van der Waals surface area contributed by atoms with Crippen molar-refractivity contribution in [3.8, 4) is 0 Å². The molecule has 0 aromatic rings. The minimum absolute atomic E-state index is 0.00554. The fourth-order valence-electron chi connectivity index (χ4n) is 4.76. The van der Waals surface area contributed by atoms with Crippen molar-refractivity contribution in [1.29, 1.82) is 0 Å². The number of esters is 1. The van der Waals surface area contributed by atoms with Crippen LogP contribution in [0.2, 0.25) is 0 Å². The fraction of sp³-hybridized carbons (Fsp3) is 0.725. The summed E-state index contributed by atoms with van der Waals surface area (Å²) in [7, 11) is -4.53. The second-order valence-corrected chi connectivity index (χ2v) is 14.0. The minimum Gasteiger partial charge on any atom is -0.457 e.